The van der Waals surface area contributed by atoms with Crippen molar-refractivity contribution in [2.24, 2.45) is 11.8 Å². The fourth-order valence-corrected chi connectivity index (χ4v) is 7.17. The van der Waals surface area contributed by atoms with Crippen molar-refractivity contribution in [2.45, 2.75) is 97.3 Å². The number of aryl methyl sites for hydroxylation is 3. The van der Waals surface area contributed by atoms with Gasteiger partial charge in [-0.1, -0.05) is 93.3 Å². The highest BCUT2D eigenvalue weighted by molar-refractivity contribution is 5.80. The first-order chi connectivity index (χ1) is 19.0. The maximum Gasteiger partial charge on any atom is 0.0705 e. The molecule has 204 valence electrons. The third-order valence-corrected chi connectivity index (χ3v) is 9.41. The fourth-order valence-electron chi connectivity index (χ4n) is 7.17. The SMILES string of the molecule is C=C1CC=Cc2cc(-c3cccc(CC)n3)ccc21.Cc1ccc(C2CCC(CC3CCCC3)CC2)c(C)c1. The summed E-state index contributed by atoms with van der Waals surface area (Å²) in [5.41, 5.74) is 11.6. The molecule has 0 bridgehead atoms. The molecular formula is C38H47N. The van der Waals surface area contributed by atoms with Crippen molar-refractivity contribution < 1.29 is 0 Å². The predicted octanol–water partition coefficient (Wildman–Crippen LogP) is 10.9. The van der Waals surface area contributed by atoms with Crippen LogP contribution in [0, 0.1) is 25.7 Å². The molecule has 0 unspecified atom stereocenters. The average molecular weight is 518 g/mol. The van der Waals surface area contributed by atoms with Crippen molar-refractivity contribution in [1.82, 2.24) is 4.98 Å². The Hall–Kier alpha value is -2.93. The summed E-state index contributed by atoms with van der Waals surface area (Å²) in [6, 6.07) is 19.8. The number of benzene rings is 2. The normalized spacial score (nSPS) is 20.8. The quantitative estimate of drug-likeness (QED) is 0.328. The summed E-state index contributed by atoms with van der Waals surface area (Å²) < 4.78 is 0. The van der Waals surface area contributed by atoms with Crippen molar-refractivity contribution in [2.75, 3.05) is 0 Å². The van der Waals surface area contributed by atoms with Crippen molar-refractivity contribution >= 4 is 11.6 Å². The van der Waals surface area contributed by atoms with Crippen LogP contribution in [0.5, 0.6) is 0 Å². The van der Waals surface area contributed by atoms with Crippen molar-refractivity contribution in [3.8, 4) is 11.3 Å². The van der Waals surface area contributed by atoms with Crippen molar-refractivity contribution in [1.29, 1.82) is 0 Å². The minimum atomic E-state index is 0.843. The zero-order valence-electron chi connectivity index (χ0n) is 24.5. The molecule has 0 N–H and O–H groups in total. The molecule has 0 saturated heterocycles. The molecule has 3 aliphatic rings. The number of rotatable bonds is 5. The highest BCUT2D eigenvalue weighted by atomic mass is 14.7. The molecular weight excluding hydrogens is 470 g/mol. The van der Waals surface area contributed by atoms with Gasteiger partial charge in [0, 0.05) is 11.3 Å². The molecule has 0 spiro atoms. The number of fused-ring (bicyclic) bond motifs is 1. The molecule has 1 aromatic heterocycles. The van der Waals surface area contributed by atoms with Crippen LogP contribution in [0.25, 0.3) is 22.9 Å². The minimum absolute atomic E-state index is 0.843. The van der Waals surface area contributed by atoms with Gasteiger partial charge in [0.2, 0.25) is 0 Å². The maximum atomic E-state index is 4.68. The van der Waals surface area contributed by atoms with Gasteiger partial charge in [-0.25, -0.2) is 0 Å². The van der Waals surface area contributed by atoms with Crippen LogP contribution in [0.2, 0.25) is 0 Å². The first-order valence-electron chi connectivity index (χ1n) is 15.5. The minimum Gasteiger partial charge on any atom is -0.253 e. The van der Waals surface area contributed by atoms with E-state index < -0.39 is 0 Å². The molecule has 2 saturated carbocycles. The molecule has 0 radical (unpaired) electrons. The van der Waals surface area contributed by atoms with E-state index in [4.69, 9.17) is 0 Å². The molecule has 1 heterocycles. The van der Waals surface area contributed by atoms with Gasteiger partial charge < -0.3 is 0 Å². The molecule has 2 fully saturated rings. The number of nitrogens with zero attached hydrogens (tertiary/aromatic N) is 1. The van der Waals surface area contributed by atoms with Gasteiger partial charge in [0.05, 0.1) is 5.69 Å². The molecule has 0 amide bonds. The number of pyridine rings is 1. The van der Waals surface area contributed by atoms with Gasteiger partial charge in [0.25, 0.3) is 0 Å². The maximum absolute atomic E-state index is 4.68. The Bertz CT molecular complexity index is 1300. The molecule has 0 aliphatic heterocycles. The Kier molecular flexibility index (Phi) is 9.17. The van der Waals surface area contributed by atoms with Crippen molar-refractivity contribution in [3.05, 3.63) is 101 Å². The van der Waals surface area contributed by atoms with Gasteiger partial charge in [0.1, 0.15) is 0 Å². The number of hydrogen-bond acceptors (Lipinski definition) is 1. The largest absolute Gasteiger partial charge is 0.253 e. The first kappa shape index (κ1) is 27.6. The smallest absolute Gasteiger partial charge is 0.0705 e. The zero-order valence-corrected chi connectivity index (χ0v) is 24.5. The lowest BCUT2D eigenvalue weighted by Gasteiger charge is -2.31. The monoisotopic (exact) mass is 517 g/mol. The van der Waals surface area contributed by atoms with Crippen LogP contribution in [-0.4, -0.2) is 4.98 Å². The lowest BCUT2D eigenvalue weighted by Crippen LogP contribution is -2.16. The van der Waals surface area contributed by atoms with Gasteiger partial charge in [0.15, 0.2) is 0 Å². The van der Waals surface area contributed by atoms with Crippen LogP contribution in [0.3, 0.4) is 0 Å². The molecule has 0 atom stereocenters. The Balaban J connectivity index is 0.000000158. The Morgan fingerprint density at radius 2 is 1.62 bits per heavy atom. The summed E-state index contributed by atoms with van der Waals surface area (Å²) in [6.07, 6.45) is 19.7. The lowest BCUT2D eigenvalue weighted by atomic mass is 9.74. The van der Waals surface area contributed by atoms with E-state index in [0.29, 0.717) is 0 Å². The van der Waals surface area contributed by atoms with Crippen LogP contribution in [0.4, 0.5) is 0 Å². The second-order valence-electron chi connectivity index (χ2n) is 12.3. The third-order valence-electron chi connectivity index (χ3n) is 9.41. The van der Waals surface area contributed by atoms with Gasteiger partial charge >= 0.3 is 0 Å². The standard InChI is InChI=1S/C20H30.C18H17N/c1-15-7-12-20(16(2)13-15)19-10-8-18(9-11-19)14-17-5-3-4-6-17;1-3-16-8-5-9-18(19-16)15-10-11-17-13(2)6-4-7-14(17)12-15/h7,12-13,17-19H,3-6,8-11,14H2,1-2H3;4-5,7-12H,2-3,6H2,1H3. The molecule has 39 heavy (non-hydrogen) atoms. The van der Waals surface area contributed by atoms with Gasteiger partial charge in [-0.2, -0.15) is 0 Å². The van der Waals surface area contributed by atoms with E-state index >= 15 is 0 Å². The molecule has 3 aliphatic carbocycles. The van der Waals surface area contributed by atoms with Gasteiger partial charge in [-0.15, -0.1) is 0 Å². The highest BCUT2D eigenvalue weighted by Crippen LogP contribution is 2.41. The predicted molar refractivity (Wildman–Crippen MR) is 169 cm³/mol. The second kappa shape index (κ2) is 12.9. The summed E-state index contributed by atoms with van der Waals surface area (Å²) >= 11 is 0. The average Bonchev–Trinajstić information content (AvgIpc) is 3.47. The van der Waals surface area contributed by atoms with E-state index in [0.717, 1.165) is 42.0 Å². The summed E-state index contributed by atoms with van der Waals surface area (Å²) in [5, 5.41) is 0. The van der Waals surface area contributed by atoms with E-state index in [1.54, 1.807) is 12.0 Å². The molecule has 1 heteroatoms. The first-order valence-corrected chi connectivity index (χ1v) is 15.5. The summed E-state index contributed by atoms with van der Waals surface area (Å²) in [5.74, 6) is 2.97. The van der Waals surface area contributed by atoms with Crippen LogP contribution in [0.15, 0.2) is 67.3 Å². The summed E-state index contributed by atoms with van der Waals surface area (Å²) in [6.45, 7) is 10.8. The van der Waals surface area contributed by atoms with Crippen LogP contribution in [-0.2, 0) is 6.42 Å². The third kappa shape index (κ3) is 6.99. The van der Waals surface area contributed by atoms with Gasteiger partial charge in [-0.05, 0) is 123 Å². The fraction of sp³-hybridized carbons (Fsp3) is 0.447. The number of aromatic nitrogens is 1. The van der Waals surface area contributed by atoms with Crippen molar-refractivity contribution in [3.63, 3.8) is 0 Å². The highest BCUT2D eigenvalue weighted by Gasteiger charge is 2.26. The number of allylic oxidation sites excluding steroid dienone is 2. The second-order valence-corrected chi connectivity index (χ2v) is 12.3. The van der Waals surface area contributed by atoms with Crippen LogP contribution in [0.1, 0.15) is 111 Å². The van der Waals surface area contributed by atoms with Crippen LogP contribution < -0.4 is 0 Å². The molecule has 6 rings (SSSR count). The Labute approximate surface area is 237 Å². The van der Waals surface area contributed by atoms with E-state index in [1.807, 2.05) is 0 Å². The van der Waals surface area contributed by atoms with E-state index in [-0.39, 0.29) is 0 Å². The van der Waals surface area contributed by atoms with E-state index in [1.165, 1.54) is 84.8 Å². The van der Waals surface area contributed by atoms with E-state index in [2.05, 4.69) is 99.1 Å². The van der Waals surface area contributed by atoms with E-state index in [9.17, 15) is 0 Å². The van der Waals surface area contributed by atoms with Gasteiger partial charge in [-0.3, -0.25) is 4.98 Å². The number of hydrogen-bond donors (Lipinski definition) is 0. The lowest BCUT2D eigenvalue weighted by molar-refractivity contribution is 0.270. The topological polar surface area (TPSA) is 12.9 Å². The molecule has 3 aromatic rings. The molecule has 2 aromatic carbocycles. The Morgan fingerprint density at radius 3 is 2.36 bits per heavy atom. The zero-order chi connectivity index (χ0) is 27.2. The van der Waals surface area contributed by atoms with Crippen LogP contribution >= 0.6 is 0 Å². The summed E-state index contributed by atoms with van der Waals surface area (Å²) in [4.78, 5) is 4.68. The Morgan fingerprint density at radius 1 is 0.846 bits per heavy atom. The summed E-state index contributed by atoms with van der Waals surface area (Å²) in [7, 11) is 0. The molecule has 1 nitrogen and oxygen atoms in total.